The molecule has 0 aliphatic rings. The largest absolute Gasteiger partial charge is 0.481 e. The van der Waals surface area contributed by atoms with Crippen LogP contribution in [0.2, 0.25) is 0 Å². The van der Waals surface area contributed by atoms with Gasteiger partial charge in [-0.2, -0.15) is 0 Å². The number of hydrogen-bond donors (Lipinski definition) is 1. The van der Waals surface area contributed by atoms with E-state index in [9.17, 15) is 14.0 Å². The molecule has 0 bridgehead atoms. The van der Waals surface area contributed by atoms with Crippen molar-refractivity contribution in [2.75, 3.05) is 7.11 Å². The summed E-state index contributed by atoms with van der Waals surface area (Å²) in [6, 6.07) is 3.94. The number of benzene rings is 1. The summed E-state index contributed by atoms with van der Waals surface area (Å²) in [6.07, 6.45) is -0.825. The molecule has 0 amide bonds. The van der Waals surface area contributed by atoms with Gasteiger partial charge in [0.2, 0.25) is 5.78 Å². The van der Waals surface area contributed by atoms with Gasteiger partial charge in [-0.05, 0) is 60.5 Å². The summed E-state index contributed by atoms with van der Waals surface area (Å²) < 4.78 is 23.9. The van der Waals surface area contributed by atoms with Crippen molar-refractivity contribution in [1.82, 2.24) is 4.98 Å². The number of halogens is 2. The number of carbonyl (C=O) groups excluding carboxylic acids is 2. The summed E-state index contributed by atoms with van der Waals surface area (Å²) in [5.41, 5.74) is 1.70. The van der Waals surface area contributed by atoms with Gasteiger partial charge < -0.3 is 14.5 Å². The van der Waals surface area contributed by atoms with E-state index in [4.69, 9.17) is 9.47 Å². The number of ketones is 1. The number of aromatic amines is 1. The number of H-pyrrole nitrogens is 1. The van der Waals surface area contributed by atoms with Gasteiger partial charge in [-0.15, -0.1) is 0 Å². The van der Waals surface area contributed by atoms with Crippen molar-refractivity contribution in [2.45, 2.75) is 26.9 Å². The molecule has 0 radical (unpaired) electrons. The highest BCUT2D eigenvalue weighted by Gasteiger charge is 2.26. The third-order valence-corrected chi connectivity index (χ3v) is 4.26. The third kappa shape index (κ3) is 3.51. The van der Waals surface area contributed by atoms with Crippen LogP contribution in [0.25, 0.3) is 0 Å². The van der Waals surface area contributed by atoms with E-state index in [1.165, 1.54) is 25.3 Å². The van der Waals surface area contributed by atoms with Crippen LogP contribution in [0.15, 0.2) is 22.7 Å². The second-order valence-corrected chi connectivity index (χ2v) is 6.17. The molecule has 0 saturated carbocycles. The van der Waals surface area contributed by atoms with Crippen LogP contribution in [0.4, 0.5) is 4.39 Å². The zero-order chi connectivity index (χ0) is 18.0. The van der Waals surface area contributed by atoms with Crippen molar-refractivity contribution in [2.24, 2.45) is 0 Å². The van der Waals surface area contributed by atoms with E-state index in [0.29, 0.717) is 32.7 Å². The Hall–Kier alpha value is -2.15. The zero-order valence-electron chi connectivity index (χ0n) is 13.7. The molecule has 5 nitrogen and oxygen atoms in total. The van der Waals surface area contributed by atoms with Crippen molar-refractivity contribution >= 4 is 27.7 Å². The lowest BCUT2D eigenvalue weighted by atomic mass is 10.1. The Morgan fingerprint density at radius 1 is 1.29 bits per heavy atom. The van der Waals surface area contributed by atoms with E-state index in [1.54, 1.807) is 20.8 Å². The first kappa shape index (κ1) is 18.2. The lowest BCUT2D eigenvalue weighted by molar-refractivity contribution is 0.0599. The molecule has 1 heterocycles. The highest BCUT2D eigenvalue weighted by molar-refractivity contribution is 9.10. The summed E-state index contributed by atoms with van der Waals surface area (Å²) >= 11 is 3.19. The number of rotatable bonds is 5. The third-order valence-electron chi connectivity index (χ3n) is 3.64. The van der Waals surface area contributed by atoms with Gasteiger partial charge in [-0.1, -0.05) is 0 Å². The molecule has 1 aromatic carbocycles. The highest BCUT2D eigenvalue weighted by Crippen LogP contribution is 2.27. The van der Waals surface area contributed by atoms with Gasteiger partial charge in [0.25, 0.3) is 0 Å². The molecule has 1 aromatic heterocycles. The molecule has 24 heavy (non-hydrogen) atoms. The first-order valence-electron chi connectivity index (χ1n) is 7.19. The Morgan fingerprint density at radius 3 is 2.54 bits per heavy atom. The average molecular weight is 398 g/mol. The number of carbonyl (C=O) groups is 2. The Bertz CT molecular complexity index is 800. The van der Waals surface area contributed by atoms with E-state index >= 15 is 0 Å². The lowest BCUT2D eigenvalue weighted by Gasteiger charge is -2.15. The minimum atomic E-state index is -0.825. The Labute approximate surface area is 147 Å². The van der Waals surface area contributed by atoms with E-state index in [-0.39, 0.29) is 5.78 Å². The molecule has 0 unspecified atom stereocenters. The number of ether oxygens (including phenoxy) is 2. The number of aryl methyl sites for hydroxylation is 1. The molecule has 7 heteroatoms. The zero-order valence-corrected chi connectivity index (χ0v) is 15.3. The van der Waals surface area contributed by atoms with E-state index < -0.39 is 17.9 Å². The fourth-order valence-electron chi connectivity index (χ4n) is 2.42. The van der Waals surface area contributed by atoms with Gasteiger partial charge >= 0.3 is 5.97 Å². The summed E-state index contributed by atoms with van der Waals surface area (Å²) in [5, 5.41) is 0. The predicted molar refractivity (Wildman–Crippen MR) is 90.1 cm³/mol. The fourth-order valence-corrected chi connectivity index (χ4v) is 2.87. The standard InChI is InChI=1S/C17H17BrFNO4/c1-8-14(17(22)23-4)9(2)20-15(8)16(21)10(3)24-13-6-5-11(19)7-12(13)18/h5-7,10,20H,1-4H3/t10-/m1/s1. The first-order valence-corrected chi connectivity index (χ1v) is 7.99. The van der Waals surface area contributed by atoms with Crippen LogP contribution in [0.5, 0.6) is 5.75 Å². The van der Waals surface area contributed by atoms with E-state index in [1.807, 2.05) is 0 Å². The van der Waals surface area contributed by atoms with E-state index in [2.05, 4.69) is 20.9 Å². The molecular weight excluding hydrogens is 381 g/mol. The Balaban J connectivity index is 2.27. The van der Waals surface area contributed by atoms with E-state index in [0.717, 1.165) is 0 Å². The van der Waals surface area contributed by atoms with Crippen LogP contribution in [-0.2, 0) is 4.74 Å². The molecule has 0 spiro atoms. The number of Topliss-reactive ketones (excluding diaryl/α,β-unsaturated/α-hetero) is 1. The van der Waals surface area contributed by atoms with Crippen molar-refractivity contribution < 1.29 is 23.5 Å². The smallest absolute Gasteiger partial charge is 0.339 e. The number of esters is 1. The SMILES string of the molecule is COC(=O)c1c(C)[nH]c(C(=O)[C@@H](C)Oc2ccc(F)cc2Br)c1C. The number of methoxy groups -OCH3 is 1. The van der Waals surface area contributed by atoms with Crippen LogP contribution in [0, 0.1) is 19.7 Å². The molecule has 0 aliphatic carbocycles. The Kier molecular flexibility index (Phi) is 5.43. The van der Waals surface area contributed by atoms with Gasteiger partial charge in [0, 0.05) is 5.69 Å². The van der Waals surface area contributed by atoms with Crippen LogP contribution in [0.3, 0.4) is 0 Å². The molecule has 1 atom stereocenters. The normalized spacial score (nSPS) is 11.9. The number of hydrogen-bond acceptors (Lipinski definition) is 4. The minimum Gasteiger partial charge on any atom is -0.481 e. The summed E-state index contributed by atoms with van der Waals surface area (Å²) in [5.74, 6) is -0.879. The van der Waals surface area contributed by atoms with Crippen LogP contribution < -0.4 is 4.74 Å². The van der Waals surface area contributed by atoms with Crippen molar-refractivity contribution in [3.8, 4) is 5.75 Å². The van der Waals surface area contributed by atoms with Crippen molar-refractivity contribution in [3.63, 3.8) is 0 Å². The van der Waals surface area contributed by atoms with Gasteiger partial charge in [-0.3, -0.25) is 4.79 Å². The van der Waals surface area contributed by atoms with Crippen LogP contribution in [0.1, 0.15) is 39.0 Å². The second-order valence-electron chi connectivity index (χ2n) is 5.32. The quantitative estimate of drug-likeness (QED) is 0.612. The monoisotopic (exact) mass is 397 g/mol. The van der Waals surface area contributed by atoms with Crippen LogP contribution in [-0.4, -0.2) is 30.0 Å². The molecule has 0 saturated heterocycles. The van der Waals surface area contributed by atoms with Gasteiger partial charge in [-0.25, -0.2) is 9.18 Å². The lowest BCUT2D eigenvalue weighted by Crippen LogP contribution is -2.25. The summed E-state index contributed by atoms with van der Waals surface area (Å²) in [6.45, 7) is 4.95. The first-order chi connectivity index (χ1) is 11.3. The molecular formula is C17H17BrFNO4. The average Bonchev–Trinajstić information content (AvgIpc) is 2.83. The number of aromatic nitrogens is 1. The predicted octanol–water partition coefficient (Wildman–Crippen LogP) is 3.97. The van der Waals surface area contributed by atoms with Crippen molar-refractivity contribution in [1.29, 1.82) is 0 Å². The topological polar surface area (TPSA) is 68.4 Å². The molecule has 2 rings (SSSR count). The maximum absolute atomic E-state index is 13.1. The summed E-state index contributed by atoms with van der Waals surface area (Å²) in [7, 11) is 1.29. The van der Waals surface area contributed by atoms with Gasteiger partial charge in [0.05, 0.1) is 22.8 Å². The molecule has 128 valence electrons. The fraction of sp³-hybridized carbons (Fsp3) is 0.294. The molecule has 2 aromatic rings. The minimum absolute atomic E-state index is 0.290. The Morgan fingerprint density at radius 2 is 1.96 bits per heavy atom. The number of nitrogens with one attached hydrogen (secondary N) is 1. The van der Waals surface area contributed by atoms with Gasteiger partial charge in [0.15, 0.2) is 6.10 Å². The van der Waals surface area contributed by atoms with Gasteiger partial charge in [0.1, 0.15) is 11.6 Å². The highest BCUT2D eigenvalue weighted by atomic mass is 79.9. The molecule has 0 fully saturated rings. The second kappa shape index (κ2) is 7.17. The molecule has 1 N–H and O–H groups in total. The maximum Gasteiger partial charge on any atom is 0.339 e. The summed E-state index contributed by atoms with van der Waals surface area (Å²) in [4.78, 5) is 27.3. The maximum atomic E-state index is 13.1. The van der Waals surface area contributed by atoms with Crippen molar-refractivity contribution in [3.05, 3.63) is 51.0 Å². The van der Waals surface area contributed by atoms with Crippen LogP contribution >= 0.6 is 15.9 Å². The molecule has 0 aliphatic heterocycles.